The van der Waals surface area contributed by atoms with Gasteiger partial charge in [0.2, 0.25) is 11.1 Å². The Kier molecular flexibility index (Phi) is 5.55. The summed E-state index contributed by atoms with van der Waals surface area (Å²) in [4.78, 5) is 13.2. The van der Waals surface area contributed by atoms with Crippen LogP contribution in [0.2, 0.25) is 0 Å². The van der Waals surface area contributed by atoms with Gasteiger partial charge in [-0.25, -0.2) is 4.68 Å². The summed E-state index contributed by atoms with van der Waals surface area (Å²) < 4.78 is 12.5. The molecule has 1 amide bonds. The Morgan fingerprint density at radius 1 is 1.12 bits per heavy atom. The van der Waals surface area contributed by atoms with E-state index in [-0.39, 0.29) is 11.9 Å². The maximum Gasteiger partial charge on any atom is 0.236 e. The number of carbonyl (C=O) groups excluding carboxylic acids is 1. The number of furan rings is 1. The average Bonchev–Trinajstić information content (AvgIpc) is 3.52. The number of nitrogens with zero attached hydrogens (tertiary/aromatic N) is 3. The quantitative estimate of drug-likeness (QED) is 0.466. The van der Waals surface area contributed by atoms with Gasteiger partial charge in [0.15, 0.2) is 5.82 Å². The Balaban J connectivity index is 1.47. The van der Waals surface area contributed by atoms with E-state index in [1.54, 1.807) is 19.4 Å². The van der Waals surface area contributed by atoms with Gasteiger partial charge in [0.05, 0.1) is 26.0 Å². The first-order valence-electron chi connectivity index (χ1n) is 10.1. The van der Waals surface area contributed by atoms with E-state index >= 15 is 0 Å². The second-order valence-electron chi connectivity index (χ2n) is 7.22. The number of nitrogens with one attached hydrogen (secondary N) is 2. The van der Waals surface area contributed by atoms with E-state index in [0.29, 0.717) is 23.3 Å². The molecule has 0 aliphatic carbocycles. The lowest BCUT2D eigenvalue weighted by molar-refractivity contribution is -0.121. The van der Waals surface area contributed by atoms with Crippen LogP contribution in [-0.2, 0) is 11.3 Å². The van der Waals surface area contributed by atoms with Crippen molar-refractivity contribution in [2.75, 3.05) is 12.5 Å². The van der Waals surface area contributed by atoms with Crippen molar-refractivity contribution < 1.29 is 13.9 Å². The van der Waals surface area contributed by atoms with E-state index in [0.717, 1.165) is 16.9 Å². The molecule has 2 aromatic heterocycles. The van der Waals surface area contributed by atoms with Crippen LogP contribution in [0.5, 0.6) is 5.75 Å². The van der Waals surface area contributed by atoms with E-state index in [9.17, 15) is 4.79 Å². The normalized spacial score (nSPS) is 17.3. The summed E-state index contributed by atoms with van der Waals surface area (Å²) in [6.45, 7) is 0.320. The zero-order valence-corrected chi connectivity index (χ0v) is 18.1. The van der Waals surface area contributed by atoms with Gasteiger partial charge in [0.25, 0.3) is 0 Å². The van der Waals surface area contributed by atoms with Crippen LogP contribution in [-0.4, -0.2) is 33.1 Å². The van der Waals surface area contributed by atoms with E-state index in [1.165, 1.54) is 11.8 Å². The highest BCUT2D eigenvalue weighted by atomic mass is 32.2. The number of methoxy groups -OCH3 is 1. The lowest BCUT2D eigenvalue weighted by Gasteiger charge is -2.33. The molecule has 3 heterocycles. The number of hydrogen-bond donors (Lipinski definition) is 2. The zero-order chi connectivity index (χ0) is 21.9. The number of fused-ring (bicyclic) bond motifs is 1. The third-order valence-corrected chi connectivity index (χ3v) is 6.43. The summed E-state index contributed by atoms with van der Waals surface area (Å²) in [5.41, 5.74) is 5.36. The third kappa shape index (κ3) is 3.94. The standard InChI is InChI=1S/C23H21N5O3S/c1-30-17-11-9-15(10-12-17)19-20(22(29)24-14-18-8-5-13-31-18)32-23-26-25-21(28(23)27-19)16-6-3-2-4-7-16/h2-13,19-20,27H,14H2,1H3,(H,24,29)/t19-,20-/m0/s1. The summed E-state index contributed by atoms with van der Waals surface area (Å²) in [5, 5.41) is 11.8. The van der Waals surface area contributed by atoms with Gasteiger partial charge in [-0.3, -0.25) is 4.79 Å². The van der Waals surface area contributed by atoms with Gasteiger partial charge < -0.3 is 19.9 Å². The fourth-order valence-electron chi connectivity index (χ4n) is 3.58. The van der Waals surface area contributed by atoms with Crippen molar-refractivity contribution in [1.29, 1.82) is 0 Å². The van der Waals surface area contributed by atoms with Crippen LogP contribution < -0.4 is 15.5 Å². The minimum Gasteiger partial charge on any atom is -0.497 e. The molecular weight excluding hydrogens is 426 g/mol. The van der Waals surface area contributed by atoms with Crippen LogP contribution in [0.15, 0.2) is 82.6 Å². The van der Waals surface area contributed by atoms with Crippen molar-refractivity contribution in [2.45, 2.75) is 23.0 Å². The van der Waals surface area contributed by atoms with Crippen molar-refractivity contribution in [3.63, 3.8) is 0 Å². The van der Waals surface area contributed by atoms with Gasteiger partial charge >= 0.3 is 0 Å². The van der Waals surface area contributed by atoms with Crippen molar-refractivity contribution in [3.05, 3.63) is 84.3 Å². The number of hydrogen-bond acceptors (Lipinski definition) is 7. The highest BCUT2D eigenvalue weighted by Gasteiger charge is 2.38. The molecule has 0 bridgehead atoms. The minimum absolute atomic E-state index is 0.116. The third-order valence-electron chi connectivity index (χ3n) is 5.22. The molecule has 0 spiro atoms. The lowest BCUT2D eigenvalue weighted by atomic mass is 10.0. The molecule has 0 saturated heterocycles. The second-order valence-corrected chi connectivity index (χ2v) is 8.33. The molecule has 8 nitrogen and oxygen atoms in total. The molecular formula is C23H21N5O3S. The molecule has 0 fully saturated rings. The largest absolute Gasteiger partial charge is 0.497 e. The number of amides is 1. The highest BCUT2D eigenvalue weighted by molar-refractivity contribution is 8.00. The van der Waals surface area contributed by atoms with Crippen LogP contribution in [0.3, 0.4) is 0 Å². The molecule has 0 unspecified atom stereocenters. The van der Waals surface area contributed by atoms with Crippen molar-refractivity contribution in [1.82, 2.24) is 20.2 Å². The predicted octanol–water partition coefficient (Wildman–Crippen LogP) is 3.62. The number of thioether (sulfide) groups is 1. The number of ether oxygens (including phenoxy) is 1. The fraction of sp³-hybridized carbons (Fsp3) is 0.174. The van der Waals surface area contributed by atoms with Gasteiger partial charge in [-0.15, -0.1) is 10.2 Å². The summed E-state index contributed by atoms with van der Waals surface area (Å²) in [6, 6.07) is 20.8. The highest BCUT2D eigenvalue weighted by Crippen LogP contribution is 2.38. The second kappa shape index (κ2) is 8.80. The summed E-state index contributed by atoms with van der Waals surface area (Å²) in [5.74, 6) is 2.03. The van der Waals surface area contributed by atoms with Gasteiger partial charge in [0.1, 0.15) is 16.8 Å². The van der Waals surface area contributed by atoms with E-state index in [1.807, 2.05) is 65.3 Å². The van der Waals surface area contributed by atoms with Crippen molar-refractivity contribution >= 4 is 17.7 Å². The minimum atomic E-state index is -0.460. The monoisotopic (exact) mass is 447 g/mol. The summed E-state index contributed by atoms with van der Waals surface area (Å²) >= 11 is 1.38. The first-order chi connectivity index (χ1) is 15.7. The maximum absolute atomic E-state index is 13.2. The Morgan fingerprint density at radius 2 is 1.94 bits per heavy atom. The number of rotatable bonds is 6. The number of benzene rings is 2. The average molecular weight is 448 g/mol. The van der Waals surface area contributed by atoms with Crippen LogP contribution >= 0.6 is 11.8 Å². The first-order valence-corrected chi connectivity index (χ1v) is 11.0. The summed E-state index contributed by atoms with van der Waals surface area (Å²) in [6.07, 6.45) is 1.59. The molecule has 2 atom stereocenters. The van der Waals surface area contributed by atoms with Crippen LogP contribution in [0.1, 0.15) is 17.4 Å². The Bertz CT molecular complexity index is 1190. The van der Waals surface area contributed by atoms with E-state index < -0.39 is 5.25 Å². The lowest BCUT2D eigenvalue weighted by Crippen LogP contribution is -2.43. The first kappa shape index (κ1) is 20.2. The molecule has 162 valence electrons. The topological polar surface area (TPSA) is 94.2 Å². The van der Waals surface area contributed by atoms with Crippen LogP contribution in [0, 0.1) is 0 Å². The van der Waals surface area contributed by atoms with Crippen LogP contribution in [0.4, 0.5) is 0 Å². The maximum atomic E-state index is 13.2. The van der Waals surface area contributed by atoms with Crippen LogP contribution in [0.25, 0.3) is 11.4 Å². The molecule has 9 heteroatoms. The molecule has 4 aromatic rings. The molecule has 0 radical (unpaired) electrons. The van der Waals surface area contributed by atoms with Crippen molar-refractivity contribution in [2.24, 2.45) is 0 Å². The van der Waals surface area contributed by atoms with Gasteiger partial charge in [0, 0.05) is 5.56 Å². The molecule has 2 N–H and O–H groups in total. The molecule has 32 heavy (non-hydrogen) atoms. The molecule has 0 saturated carbocycles. The molecule has 1 aliphatic rings. The van der Waals surface area contributed by atoms with Gasteiger partial charge in [-0.2, -0.15) is 0 Å². The Morgan fingerprint density at radius 3 is 2.66 bits per heavy atom. The van der Waals surface area contributed by atoms with E-state index in [2.05, 4.69) is 20.9 Å². The zero-order valence-electron chi connectivity index (χ0n) is 17.3. The molecule has 2 aromatic carbocycles. The predicted molar refractivity (Wildman–Crippen MR) is 121 cm³/mol. The fourth-order valence-corrected chi connectivity index (χ4v) is 4.68. The molecule has 1 aliphatic heterocycles. The number of carbonyl (C=O) groups is 1. The van der Waals surface area contributed by atoms with E-state index in [4.69, 9.17) is 9.15 Å². The Labute approximate surface area is 189 Å². The SMILES string of the molecule is COc1ccc([C@@H]2Nn3c(nnc3-c3ccccc3)S[C@@H]2C(=O)NCc2ccco2)cc1. The molecule has 5 rings (SSSR count). The number of aromatic nitrogens is 3. The van der Waals surface area contributed by atoms with Gasteiger partial charge in [-0.1, -0.05) is 54.2 Å². The Hall–Kier alpha value is -3.72. The van der Waals surface area contributed by atoms with Crippen molar-refractivity contribution in [3.8, 4) is 17.1 Å². The van der Waals surface area contributed by atoms with Gasteiger partial charge in [-0.05, 0) is 29.8 Å². The summed E-state index contributed by atoms with van der Waals surface area (Å²) in [7, 11) is 1.63. The smallest absolute Gasteiger partial charge is 0.236 e.